The second-order valence-electron chi connectivity index (χ2n) is 6.32. The summed E-state index contributed by atoms with van der Waals surface area (Å²) in [6, 6.07) is 5.50. The van der Waals surface area contributed by atoms with Gasteiger partial charge in [-0.3, -0.25) is 10.1 Å². The smallest absolute Gasteiger partial charge is 0.338 e. The molecule has 0 saturated carbocycles. The second-order valence-corrected chi connectivity index (χ2v) is 6.32. The number of benzene rings is 1. The maximum atomic E-state index is 12.2. The number of non-ortho nitro benzene ring substituents is 1. The molecule has 1 aliphatic carbocycles. The quantitative estimate of drug-likeness (QED) is 0.360. The van der Waals surface area contributed by atoms with E-state index < -0.39 is 16.5 Å². The molecule has 1 aromatic carbocycles. The number of rotatable bonds is 4. The van der Waals surface area contributed by atoms with Crippen LogP contribution in [0.25, 0.3) is 0 Å². The van der Waals surface area contributed by atoms with Gasteiger partial charge < -0.3 is 4.74 Å². The zero-order valence-electron chi connectivity index (χ0n) is 13.2. The number of allylic oxidation sites excluding steroid dienone is 2. The molecule has 0 fully saturated rings. The van der Waals surface area contributed by atoms with Crippen molar-refractivity contribution in [3.05, 3.63) is 51.6 Å². The summed E-state index contributed by atoms with van der Waals surface area (Å²) >= 11 is 0. The maximum absolute atomic E-state index is 12.2. The minimum atomic E-state index is -0.559. The number of hydrogen-bond acceptors (Lipinski definition) is 4. The predicted octanol–water partition coefficient (Wildman–Crippen LogP) is 4.28. The number of esters is 1. The Hall–Kier alpha value is -2.17. The molecular formula is C17H21NO4. The number of hydrogen-bond donors (Lipinski definition) is 0. The summed E-state index contributed by atoms with van der Waals surface area (Å²) in [5.41, 5.74) is 1.12. The molecule has 0 radical (unpaired) electrons. The Morgan fingerprint density at radius 2 is 1.95 bits per heavy atom. The summed E-state index contributed by atoms with van der Waals surface area (Å²) in [6.45, 7) is 5.97. The molecule has 0 bridgehead atoms. The van der Waals surface area contributed by atoms with E-state index in [0.29, 0.717) is 5.56 Å². The van der Waals surface area contributed by atoms with Gasteiger partial charge in [0.05, 0.1) is 10.5 Å². The highest BCUT2D eigenvalue weighted by molar-refractivity contribution is 5.89. The molecule has 0 heterocycles. The van der Waals surface area contributed by atoms with Crippen molar-refractivity contribution in [2.24, 2.45) is 5.92 Å². The van der Waals surface area contributed by atoms with Crippen molar-refractivity contribution >= 4 is 11.7 Å². The first-order chi connectivity index (χ1) is 10.3. The lowest BCUT2D eigenvalue weighted by molar-refractivity contribution is -0.384. The largest absolute Gasteiger partial charge is 0.456 e. The molecule has 118 valence electrons. The summed E-state index contributed by atoms with van der Waals surface area (Å²) in [6.07, 6.45) is 5.15. The van der Waals surface area contributed by atoms with Crippen LogP contribution in [0.5, 0.6) is 0 Å². The highest BCUT2D eigenvalue weighted by Crippen LogP contribution is 2.34. The highest BCUT2D eigenvalue weighted by Gasteiger charge is 2.34. The van der Waals surface area contributed by atoms with Crippen molar-refractivity contribution < 1.29 is 14.5 Å². The SMILES string of the molecule is CC1=CC[C@H](C(C)(C)OC(=O)c2ccc([N+](=O)[O-])cc2)CC1. The lowest BCUT2D eigenvalue weighted by Crippen LogP contribution is -2.37. The first kappa shape index (κ1) is 16.2. The van der Waals surface area contributed by atoms with E-state index in [4.69, 9.17) is 4.74 Å². The molecule has 22 heavy (non-hydrogen) atoms. The average Bonchev–Trinajstić information content (AvgIpc) is 2.47. The van der Waals surface area contributed by atoms with E-state index in [-0.39, 0.29) is 11.6 Å². The standard InChI is InChI=1S/C17H21NO4/c1-12-4-8-14(9-5-12)17(2,3)22-16(19)13-6-10-15(11-7-13)18(20)21/h4,6-7,10-11,14H,5,8-9H2,1-3H3/t14-/m0/s1. The second kappa shape index (κ2) is 6.30. The number of nitro groups is 1. The Labute approximate surface area is 130 Å². The topological polar surface area (TPSA) is 69.4 Å². The molecule has 0 N–H and O–H groups in total. The summed E-state index contributed by atoms with van der Waals surface area (Å²) in [4.78, 5) is 22.4. The minimum absolute atomic E-state index is 0.0382. The van der Waals surface area contributed by atoms with Gasteiger partial charge in [0.25, 0.3) is 5.69 Å². The van der Waals surface area contributed by atoms with Crippen molar-refractivity contribution in [1.29, 1.82) is 0 Å². The number of carbonyl (C=O) groups is 1. The normalized spacial score (nSPS) is 18.5. The van der Waals surface area contributed by atoms with Crippen LogP contribution >= 0.6 is 0 Å². The third-order valence-corrected chi connectivity index (χ3v) is 4.29. The van der Waals surface area contributed by atoms with Gasteiger partial charge in [-0.05, 0) is 52.2 Å². The molecule has 5 heteroatoms. The molecule has 5 nitrogen and oxygen atoms in total. The summed E-state index contributed by atoms with van der Waals surface area (Å²) in [5.74, 6) is -0.149. The van der Waals surface area contributed by atoms with Crippen LogP contribution in [0.3, 0.4) is 0 Å². The van der Waals surface area contributed by atoms with E-state index in [2.05, 4.69) is 13.0 Å². The van der Waals surface area contributed by atoms with Crippen LogP contribution < -0.4 is 0 Å². The Balaban J connectivity index is 2.05. The first-order valence-electron chi connectivity index (χ1n) is 7.43. The van der Waals surface area contributed by atoms with E-state index >= 15 is 0 Å². The van der Waals surface area contributed by atoms with E-state index in [1.165, 1.54) is 29.8 Å². The monoisotopic (exact) mass is 303 g/mol. The molecule has 0 spiro atoms. The summed E-state index contributed by atoms with van der Waals surface area (Å²) in [7, 11) is 0. The molecule has 1 aromatic rings. The first-order valence-corrected chi connectivity index (χ1v) is 7.43. The number of ether oxygens (including phenoxy) is 1. The van der Waals surface area contributed by atoms with Crippen LogP contribution in [-0.4, -0.2) is 16.5 Å². The zero-order chi connectivity index (χ0) is 16.3. The van der Waals surface area contributed by atoms with Gasteiger partial charge in [0.1, 0.15) is 5.60 Å². The zero-order valence-corrected chi connectivity index (χ0v) is 13.2. The van der Waals surface area contributed by atoms with Crippen molar-refractivity contribution in [3.63, 3.8) is 0 Å². The van der Waals surface area contributed by atoms with Crippen molar-refractivity contribution in [2.75, 3.05) is 0 Å². The fourth-order valence-corrected chi connectivity index (χ4v) is 2.70. The molecule has 0 saturated heterocycles. The van der Waals surface area contributed by atoms with Crippen LogP contribution in [0.2, 0.25) is 0 Å². The number of nitro benzene ring substituents is 1. The van der Waals surface area contributed by atoms with Gasteiger partial charge in [0, 0.05) is 18.1 Å². The average molecular weight is 303 g/mol. The lowest BCUT2D eigenvalue weighted by Gasteiger charge is -2.35. The highest BCUT2D eigenvalue weighted by atomic mass is 16.6. The van der Waals surface area contributed by atoms with Crippen LogP contribution in [0.1, 0.15) is 50.4 Å². The molecule has 0 unspecified atom stereocenters. The Morgan fingerprint density at radius 1 is 1.32 bits per heavy atom. The number of nitrogens with zero attached hydrogens (tertiary/aromatic N) is 1. The van der Waals surface area contributed by atoms with Crippen molar-refractivity contribution in [1.82, 2.24) is 0 Å². The van der Waals surface area contributed by atoms with Gasteiger partial charge in [-0.15, -0.1) is 0 Å². The van der Waals surface area contributed by atoms with Gasteiger partial charge in [-0.1, -0.05) is 11.6 Å². The molecule has 2 rings (SSSR count). The van der Waals surface area contributed by atoms with Gasteiger partial charge in [-0.25, -0.2) is 4.79 Å². The summed E-state index contributed by atoms with van der Waals surface area (Å²) < 4.78 is 5.66. The molecule has 0 aromatic heterocycles. The summed E-state index contributed by atoms with van der Waals surface area (Å²) in [5, 5.41) is 10.6. The van der Waals surface area contributed by atoms with Gasteiger partial charge in [0.15, 0.2) is 0 Å². The number of carbonyl (C=O) groups excluding carboxylic acids is 1. The fraction of sp³-hybridized carbons (Fsp3) is 0.471. The van der Waals surface area contributed by atoms with E-state index in [1.807, 2.05) is 13.8 Å². The van der Waals surface area contributed by atoms with Crippen LogP contribution in [0, 0.1) is 16.0 Å². The van der Waals surface area contributed by atoms with Crippen LogP contribution in [0.4, 0.5) is 5.69 Å². The minimum Gasteiger partial charge on any atom is -0.456 e. The Bertz CT molecular complexity index is 602. The molecule has 0 aliphatic heterocycles. The van der Waals surface area contributed by atoms with Gasteiger partial charge >= 0.3 is 5.97 Å². The molecule has 1 aliphatic rings. The maximum Gasteiger partial charge on any atom is 0.338 e. The van der Waals surface area contributed by atoms with Gasteiger partial charge in [-0.2, -0.15) is 0 Å². The van der Waals surface area contributed by atoms with E-state index in [9.17, 15) is 14.9 Å². The van der Waals surface area contributed by atoms with E-state index in [0.717, 1.165) is 19.3 Å². The van der Waals surface area contributed by atoms with E-state index in [1.54, 1.807) is 0 Å². The van der Waals surface area contributed by atoms with Crippen LogP contribution in [0.15, 0.2) is 35.9 Å². The van der Waals surface area contributed by atoms with Crippen molar-refractivity contribution in [3.8, 4) is 0 Å². The lowest BCUT2D eigenvalue weighted by atomic mass is 9.79. The molecule has 1 atom stereocenters. The van der Waals surface area contributed by atoms with Gasteiger partial charge in [0.2, 0.25) is 0 Å². The Morgan fingerprint density at radius 3 is 2.45 bits per heavy atom. The van der Waals surface area contributed by atoms with Crippen molar-refractivity contribution in [2.45, 2.75) is 45.6 Å². The molecular weight excluding hydrogens is 282 g/mol. The Kier molecular flexibility index (Phi) is 4.64. The fourth-order valence-electron chi connectivity index (χ4n) is 2.70. The van der Waals surface area contributed by atoms with Crippen LogP contribution in [-0.2, 0) is 4.74 Å². The third kappa shape index (κ3) is 3.72. The predicted molar refractivity (Wildman–Crippen MR) is 83.7 cm³/mol. The third-order valence-electron chi connectivity index (χ3n) is 4.29. The molecule has 0 amide bonds.